The number of methoxy groups -OCH3 is 1. The van der Waals surface area contributed by atoms with Crippen molar-refractivity contribution in [2.75, 3.05) is 13.7 Å². The Morgan fingerprint density at radius 1 is 0.912 bits per heavy atom. The fourth-order valence-corrected chi connectivity index (χ4v) is 3.78. The molecule has 0 atom stereocenters. The maximum Gasteiger partial charge on any atom is 0.303 e. The average Bonchev–Trinajstić information content (AvgIpc) is 2.75. The molecule has 186 valence electrons. The molecular weight excluding hydrogens is 456 g/mol. The Morgan fingerprint density at radius 2 is 1.56 bits per heavy atom. The van der Waals surface area contributed by atoms with Crippen LogP contribution in [-0.2, 0) is 9.53 Å². The minimum absolute atomic E-state index is 0.0578. The molecule has 1 fully saturated rings. The van der Waals surface area contributed by atoms with Crippen LogP contribution in [0.1, 0.15) is 51.4 Å². The fourth-order valence-electron chi connectivity index (χ4n) is 3.78. The molecule has 2 aromatic carbocycles. The van der Waals surface area contributed by atoms with E-state index in [0.29, 0.717) is 25.7 Å². The molecule has 0 amide bonds. The largest absolute Gasteiger partial charge is 0.490 e. The molecule has 5 nitrogen and oxygen atoms in total. The predicted molar refractivity (Wildman–Crippen MR) is 117 cm³/mol. The Hall–Kier alpha value is -2.81. The van der Waals surface area contributed by atoms with Gasteiger partial charge in [0.05, 0.1) is 12.7 Å². The van der Waals surface area contributed by atoms with Crippen molar-refractivity contribution in [3.05, 3.63) is 47.5 Å². The molecule has 0 aromatic heterocycles. The number of halogens is 4. The minimum Gasteiger partial charge on any atom is -0.490 e. The SMILES string of the molecule is COC1CC(Oc2cc(F)c(F)c(-c3cc(F)c(OCCCCCCCC(=O)O)c(F)c3)c2)C1. The van der Waals surface area contributed by atoms with Crippen LogP contribution in [-0.4, -0.2) is 37.0 Å². The van der Waals surface area contributed by atoms with Gasteiger partial charge in [-0.15, -0.1) is 0 Å². The Kier molecular flexibility index (Phi) is 9.15. The Balaban J connectivity index is 1.61. The summed E-state index contributed by atoms with van der Waals surface area (Å²) in [6.07, 6.45) is 4.59. The zero-order valence-electron chi connectivity index (χ0n) is 18.9. The number of carboxylic acids is 1. The zero-order valence-corrected chi connectivity index (χ0v) is 18.9. The standard InChI is InChI=1S/C25H28F4O5/c1-32-16-11-17(12-16)34-18-13-19(24(29)20(26)14-18)15-9-21(27)25(22(28)10-15)33-8-6-4-2-3-5-7-23(30)31/h9-10,13-14,16-17H,2-8,11-12H2,1H3,(H,30,31). The van der Waals surface area contributed by atoms with Crippen molar-refractivity contribution < 1.29 is 41.7 Å². The monoisotopic (exact) mass is 484 g/mol. The van der Waals surface area contributed by atoms with Gasteiger partial charge >= 0.3 is 5.97 Å². The molecule has 34 heavy (non-hydrogen) atoms. The van der Waals surface area contributed by atoms with Crippen molar-refractivity contribution in [3.63, 3.8) is 0 Å². The van der Waals surface area contributed by atoms with Gasteiger partial charge in [-0.2, -0.15) is 0 Å². The van der Waals surface area contributed by atoms with Crippen LogP contribution in [0, 0.1) is 23.3 Å². The molecule has 0 radical (unpaired) electrons. The van der Waals surface area contributed by atoms with Crippen molar-refractivity contribution in [2.45, 2.75) is 63.6 Å². The maximum atomic E-state index is 14.6. The lowest BCUT2D eigenvalue weighted by Gasteiger charge is -2.34. The molecule has 3 rings (SSSR count). The average molecular weight is 484 g/mol. The molecule has 0 spiro atoms. The van der Waals surface area contributed by atoms with Crippen LogP contribution in [0.25, 0.3) is 11.1 Å². The lowest BCUT2D eigenvalue weighted by molar-refractivity contribution is -0.137. The fraction of sp³-hybridized carbons (Fsp3) is 0.480. The molecule has 1 N–H and O–H groups in total. The van der Waals surface area contributed by atoms with Crippen molar-refractivity contribution in [1.29, 1.82) is 0 Å². The molecule has 2 aromatic rings. The second kappa shape index (κ2) is 12.1. The summed E-state index contributed by atoms with van der Waals surface area (Å²) in [5.74, 6) is -5.81. The van der Waals surface area contributed by atoms with E-state index in [9.17, 15) is 22.4 Å². The highest BCUT2D eigenvalue weighted by atomic mass is 19.2. The van der Waals surface area contributed by atoms with Crippen LogP contribution in [0.5, 0.6) is 11.5 Å². The maximum absolute atomic E-state index is 14.6. The summed E-state index contributed by atoms with van der Waals surface area (Å²) < 4.78 is 73.7. The van der Waals surface area contributed by atoms with Crippen LogP contribution in [0.2, 0.25) is 0 Å². The summed E-state index contributed by atoms with van der Waals surface area (Å²) in [5, 5.41) is 8.59. The molecule has 0 heterocycles. The molecule has 0 aliphatic heterocycles. The van der Waals surface area contributed by atoms with E-state index in [1.807, 2.05) is 0 Å². The number of carboxylic acid groups (broad SMARTS) is 1. The van der Waals surface area contributed by atoms with Crippen molar-refractivity contribution in [3.8, 4) is 22.6 Å². The van der Waals surface area contributed by atoms with Gasteiger partial charge in [0.25, 0.3) is 0 Å². The van der Waals surface area contributed by atoms with Gasteiger partial charge in [-0.1, -0.05) is 19.3 Å². The Morgan fingerprint density at radius 3 is 2.21 bits per heavy atom. The number of rotatable bonds is 13. The van der Waals surface area contributed by atoms with Crippen molar-refractivity contribution >= 4 is 5.97 Å². The van der Waals surface area contributed by atoms with Gasteiger partial charge in [0.15, 0.2) is 29.0 Å². The van der Waals surface area contributed by atoms with Gasteiger partial charge < -0.3 is 19.3 Å². The molecule has 9 heteroatoms. The van der Waals surface area contributed by atoms with Crippen LogP contribution in [0.4, 0.5) is 17.6 Å². The highest BCUT2D eigenvalue weighted by molar-refractivity contribution is 5.67. The third-order valence-corrected chi connectivity index (χ3v) is 5.78. The summed E-state index contributed by atoms with van der Waals surface area (Å²) in [5.41, 5.74) is -0.491. The molecular formula is C25H28F4O5. The van der Waals surface area contributed by atoms with Gasteiger partial charge in [-0.25, -0.2) is 17.6 Å². The van der Waals surface area contributed by atoms with E-state index in [1.54, 1.807) is 7.11 Å². The summed E-state index contributed by atoms with van der Waals surface area (Å²) >= 11 is 0. The first-order valence-electron chi connectivity index (χ1n) is 11.3. The highest BCUT2D eigenvalue weighted by Gasteiger charge is 2.31. The molecule has 1 aliphatic carbocycles. The van der Waals surface area contributed by atoms with Crippen LogP contribution in [0.15, 0.2) is 24.3 Å². The molecule has 1 saturated carbocycles. The zero-order chi connectivity index (χ0) is 24.7. The predicted octanol–water partition coefficient (Wildman–Crippen LogP) is 6.27. The lowest BCUT2D eigenvalue weighted by Crippen LogP contribution is -2.38. The van der Waals surface area contributed by atoms with E-state index in [1.165, 1.54) is 6.07 Å². The van der Waals surface area contributed by atoms with Crippen molar-refractivity contribution in [2.24, 2.45) is 0 Å². The van der Waals surface area contributed by atoms with E-state index in [4.69, 9.17) is 19.3 Å². The van der Waals surface area contributed by atoms with E-state index >= 15 is 0 Å². The number of carbonyl (C=O) groups is 1. The van der Waals surface area contributed by atoms with Crippen LogP contribution < -0.4 is 9.47 Å². The Bertz CT molecular complexity index is 969. The molecule has 1 aliphatic rings. The van der Waals surface area contributed by atoms with Gasteiger partial charge in [-0.05, 0) is 36.6 Å². The highest BCUT2D eigenvalue weighted by Crippen LogP contribution is 2.35. The Labute approximate surface area is 195 Å². The number of hydrogen-bond acceptors (Lipinski definition) is 4. The van der Waals surface area contributed by atoms with E-state index < -0.39 is 35.0 Å². The topological polar surface area (TPSA) is 65.0 Å². The van der Waals surface area contributed by atoms with Gasteiger partial charge in [0.1, 0.15) is 11.9 Å². The van der Waals surface area contributed by atoms with Gasteiger partial charge in [0.2, 0.25) is 0 Å². The molecule has 0 unspecified atom stereocenters. The minimum atomic E-state index is -1.23. The number of hydrogen-bond donors (Lipinski definition) is 1. The summed E-state index contributed by atoms with van der Waals surface area (Å²) in [7, 11) is 1.58. The van der Waals surface area contributed by atoms with Crippen molar-refractivity contribution in [1.82, 2.24) is 0 Å². The first-order chi connectivity index (χ1) is 16.3. The normalized spacial score (nSPS) is 17.3. The second-order valence-electron chi connectivity index (χ2n) is 8.36. The first-order valence-corrected chi connectivity index (χ1v) is 11.3. The van der Waals surface area contributed by atoms with Crippen LogP contribution >= 0.6 is 0 Å². The number of ether oxygens (including phenoxy) is 3. The van der Waals surface area contributed by atoms with E-state index in [-0.39, 0.29) is 42.1 Å². The quantitative estimate of drug-likeness (QED) is 0.268. The summed E-state index contributed by atoms with van der Waals surface area (Å²) in [6.45, 7) is 0.0717. The molecule has 0 bridgehead atoms. The van der Waals surface area contributed by atoms with E-state index in [2.05, 4.69) is 0 Å². The van der Waals surface area contributed by atoms with Gasteiger partial charge in [-0.3, -0.25) is 4.79 Å². The smallest absolute Gasteiger partial charge is 0.303 e. The summed E-state index contributed by atoms with van der Waals surface area (Å²) in [6, 6.07) is 3.93. The number of unbranched alkanes of at least 4 members (excludes halogenated alkanes) is 4. The van der Waals surface area contributed by atoms with Crippen LogP contribution in [0.3, 0.4) is 0 Å². The summed E-state index contributed by atoms with van der Waals surface area (Å²) in [4.78, 5) is 10.5. The molecule has 0 saturated heterocycles. The van der Waals surface area contributed by atoms with Gasteiger partial charge in [0, 0.05) is 38.0 Å². The third-order valence-electron chi connectivity index (χ3n) is 5.78. The van der Waals surface area contributed by atoms with E-state index in [0.717, 1.165) is 37.5 Å². The first kappa shape index (κ1) is 25.8. The lowest BCUT2D eigenvalue weighted by atomic mass is 9.92. The second-order valence-corrected chi connectivity index (χ2v) is 8.36. The number of aliphatic carboxylic acids is 1. The third kappa shape index (κ3) is 6.85. The number of benzene rings is 2.